The second-order valence-electron chi connectivity index (χ2n) is 1.75. The van der Waals surface area contributed by atoms with Crippen molar-refractivity contribution in [2.45, 2.75) is 13.8 Å². The first-order valence-electron chi connectivity index (χ1n) is 2.46. The smallest absolute Gasteiger partial charge is 0.126 e. The fraction of sp³-hybridized carbons (Fsp3) is 0.500. The molecule has 0 N–H and O–H groups in total. The Morgan fingerprint density at radius 1 is 1.75 bits per heavy atom. The van der Waals surface area contributed by atoms with E-state index in [1.54, 1.807) is 0 Å². The lowest BCUT2D eigenvalue weighted by atomic mass is 10.2. The Balaban J connectivity index is 3.68. The molecule has 0 spiro atoms. The van der Waals surface area contributed by atoms with Crippen molar-refractivity contribution in [1.29, 1.82) is 0 Å². The molecule has 8 heavy (non-hydrogen) atoms. The summed E-state index contributed by atoms with van der Waals surface area (Å²) in [6.45, 7) is 3.75. The van der Waals surface area contributed by atoms with Crippen LogP contribution in [0.3, 0.4) is 0 Å². The molecule has 1 nitrogen and oxygen atoms in total. The summed E-state index contributed by atoms with van der Waals surface area (Å²) >= 11 is 3.22. The molecule has 0 fully saturated rings. The van der Waals surface area contributed by atoms with Crippen LogP contribution in [0.15, 0.2) is 10.6 Å². The van der Waals surface area contributed by atoms with Gasteiger partial charge >= 0.3 is 0 Å². The molecule has 0 amide bonds. The first kappa shape index (κ1) is 7.89. The molecule has 0 rings (SSSR count). The molecule has 0 aliphatic carbocycles. The number of rotatable bonds is 2. The van der Waals surface area contributed by atoms with Gasteiger partial charge in [0.05, 0.1) is 0 Å². The molecule has 0 aromatic heterocycles. The fourth-order valence-electron chi connectivity index (χ4n) is 0.402. The lowest BCUT2D eigenvalue weighted by molar-refractivity contribution is -0.109. The second kappa shape index (κ2) is 3.84. The van der Waals surface area contributed by atoms with Crippen LogP contribution in [-0.4, -0.2) is 6.29 Å². The van der Waals surface area contributed by atoms with Crippen LogP contribution >= 0.6 is 15.9 Å². The summed E-state index contributed by atoms with van der Waals surface area (Å²) in [5.41, 5.74) is 0. The molecule has 0 aromatic rings. The van der Waals surface area contributed by atoms with Gasteiger partial charge < -0.3 is 4.79 Å². The Kier molecular flexibility index (Phi) is 3.79. The predicted molar refractivity (Wildman–Crippen MR) is 37.9 cm³/mol. The van der Waals surface area contributed by atoms with Crippen molar-refractivity contribution in [3.05, 3.63) is 10.6 Å². The van der Waals surface area contributed by atoms with Crippen molar-refractivity contribution in [1.82, 2.24) is 0 Å². The van der Waals surface area contributed by atoms with E-state index in [-0.39, 0.29) is 5.92 Å². The van der Waals surface area contributed by atoms with Crippen LogP contribution in [0.5, 0.6) is 0 Å². The van der Waals surface area contributed by atoms with Gasteiger partial charge in [-0.3, -0.25) is 0 Å². The molecule has 1 atom stereocenters. The van der Waals surface area contributed by atoms with E-state index < -0.39 is 0 Å². The molecule has 0 unspecified atom stereocenters. The van der Waals surface area contributed by atoms with Crippen LogP contribution in [0.25, 0.3) is 0 Å². The van der Waals surface area contributed by atoms with Crippen LogP contribution in [-0.2, 0) is 4.79 Å². The first-order chi connectivity index (χ1) is 3.66. The van der Waals surface area contributed by atoms with Gasteiger partial charge in [-0.1, -0.05) is 28.9 Å². The van der Waals surface area contributed by atoms with E-state index in [2.05, 4.69) is 15.9 Å². The maximum Gasteiger partial charge on any atom is 0.126 e. The maximum absolute atomic E-state index is 9.97. The van der Waals surface area contributed by atoms with E-state index in [1.807, 2.05) is 19.9 Å². The second-order valence-corrected chi connectivity index (χ2v) is 3.00. The quantitative estimate of drug-likeness (QED) is 0.590. The van der Waals surface area contributed by atoms with Crippen LogP contribution in [0.2, 0.25) is 0 Å². The third-order valence-corrected chi connectivity index (χ3v) is 0.972. The van der Waals surface area contributed by atoms with Gasteiger partial charge in [-0.05, 0) is 11.4 Å². The third kappa shape index (κ3) is 4.06. The Hall–Kier alpha value is -0.110. The van der Waals surface area contributed by atoms with Gasteiger partial charge in [-0.15, -0.1) is 0 Å². The Bertz CT molecular complexity index is 103. The predicted octanol–water partition coefficient (Wildman–Crippen LogP) is 2.12. The van der Waals surface area contributed by atoms with Gasteiger partial charge in [0.1, 0.15) is 6.29 Å². The zero-order valence-corrected chi connectivity index (χ0v) is 6.60. The minimum Gasteiger partial charge on any atom is -0.303 e. The minimum atomic E-state index is 0.0365. The molecule has 2 heteroatoms. The normalized spacial score (nSPS) is 15.6. The summed E-state index contributed by atoms with van der Waals surface area (Å²) in [7, 11) is 0. The molecule has 0 radical (unpaired) electrons. The zero-order valence-electron chi connectivity index (χ0n) is 5.02. The SMILES string of the molecule is C/C(Br)=C\[C@@H](C)C=O. The van der Waals surface area contributed by atoms with Crippen LogP contribution in [0.4, 0.5) is 0 Å². The monoisotopic (exact) mass is 176 g/mol. The highest BCUT2D eigenvalue weighted by Gasteiger charge is 1.91. The lowest BCUT2D eigenvalue weighted by Crippen LogP contribution is -1.88. The highest BCUT2D eigenvalue weighted by Crippen LogP contribution is 2.05. The molecule has 0 bridgehead atoms. The zero-order chi connectivity index (χ0) is 6.57. The largest absolute Gasteiger partial charge is 0.303 e. The number of hydrogen-bond acceptors (Lipinski definition) is 1. The van der Waals surface area contributed by atoms with Crippen molar-refractivity contribution in [2.75, 3.05) is 0 Å². The minimum absolute atomic E-state index is 0.0365. The summed E-state index contributed by atoms with van der Waals surface area (Å²) in [6.07, 6.45) is 2.76. The number of hydrogen-bond donors (Lipinski definition) is 0. The number of allylic oxidation sites excluding steroid dienone is 2. The maximum atomic E-state index is 9.97. The van der Waals surface area contributed by atoms with E-state index in [1.165, 1.54) is 0 Å². The molecule has 0 heterocycles. The van der Waals surface area contributed by atoms with Crippen LogP contribution in [0, 0.1) is 5.92 Å². The number of carbonyl (C=O) groups excluding carboxylic acids is 1. The van der Waals surface area contributed by atoms with Gasteiger partial charge in [0.15, 0.2) is 0 Å². The van der Waals surface area contributed by atoms with E-state index in [4.69, 9.17) is 0 Å². The molecule has 0 aliphatic rings. The topological polar surface area (TPSA) is 17.1 Å². The Morgan fingerprint density at radius 2 is 2.25 bits per heavy atom. The lowest BCUT2D eigenvalue weighted by Gasteiger charge is -1.90. The highest BCUT2D eigenvalue weighted by atomic mass is 79.9. The molecule has 0 saturated carbocycles. The number of halogens is 1. The van der Waals surface area contributed by atoms with Crippen molar-refractivity contribution in [3.8, 4) is 0 Å². The van der Waals surface area contributed by atoms with Crippen molar-refractivity contribution < 1.29 is 4.79 Å². The van der Waals surface area contributed by atoms with E-state index in [0.717, 1.165) is 10.8 Å². The average Bonchev–Trinajstić information content (AvgIpc) is 1.65. The van der Waals surface area contributed by atoms with Crippen LogP contribution in [0.1, 0.15) is 13.8 Å². The fourth-order valence-corrected chi connectivity index (χ4v) is 0.818. The van der Waals surface area contributed by atoms with Crippen molar-refractivity contribution >= 4 is 22.2 Å². The molecule has 0 aromatic carbocycles. The summed E-state index contributed by atoms with van der Waals surface area (Å²) in [6, 6.07) is 0. The average molecular weight is 177 g/mol. The van der Waals surface area contributed by atoms with Crippen LogP contribution < -0.4 is 0 Å². The summed E-state index contributed by atoms with van der Waals surface area (Å²) < 4.78 is 1.01. The molecule has 0 saturated heterocycles. The number of aldehydes is 1. The Labute approximate surface area is 57.9 Å². The highest BCUT2D eigenvalue weighted by molar-refractivity contribution is 9.11. The third-order valence-electron chi connectivity index (χ3n) is 0.707. The van der Waals surface area contributed by atoms with E-state index in [0.29, 0.717) is 0 Å². The Morgan fingerprint density at radius 3 is 2.38 bits per heavy atom. The van der Waals surface area contributed by atoms with Gasteiger partial charge in [0, 0.05) is 5.92 Å². The summed E-state index contributed by atoms with van der Waals surface area (Å²) in [5.74, 6) is 0.0365. The number of carbonyl (C=O) groups is 1. The molecule has 0 aliphatic heterocycles. The van der Waals surface area contributed by atoms with E-state index in [9.17, 15) is 4.79 Å². The summed E-state index contributed by atoms with van der Waals surface area (Å²) in [4.78, 5) is 9.97. The van der Waals surface area contributed by atoms with Gasteiger partial charge in [0.25, 0.3) is 0 Å². The molecular weight excluding hydrogens is 168 g/mol. The van der Waals surface area contributed by atoms with Gasteiger partial charge in [0.2, 0.25) is 0 Å². The standard InChI is InChI=1S/C6H9BrO/c1-5(4-8)3-6(2)7/h3-5H,1-2H3/b6-3+/t5-/m1/s1. The van der Waals surface area contributed by atoms with Crippen molar-refractivity contribution in [2.24, 2.45) is 5.92 Å². The van der Waals surface area contributed by atoms with E-state index >= 15 is 0 Å². The molecule has 46 valence electrons. The first-order valence-corrected chi connectivity index (χ1v) is 3.25. The molecular formula is C6H9BrO. The van der Waals surface area contributed by atoms with Gasteiger partial charge in [-0.2, -0.15) is 0 Å². The van der Waals surface area contributed by atoms with Gasteiger partial charge in [-0.25, -0.2) is 0 Å². The van der Waals surface area contributed by atoms with Crippen molar-refractivity contribution in [3.63, 3.8) is 0 Å². The summed E-state index contributed by atoms with van der Waals surface area (Å²) in [5, 5.41) is 0.